The van der Waals surface area contributed by atoms with Crippen LogP contribution in [-0.4, -0.2) is 11.5 Å². The zero-order valence-corrected chi connectivity index (χ0v) is 14.3. The summed E-state index contributed by atoms with van der Waals surface area (Å²) in [6, 6.07) is 10.1. The molecule has 0 amide bonds. The second kappa shape index (κ2) is 7.57. The van der Waals surface area contributed by atoms with Crippen molar-refractivity contribution < 1.29 is 4.74 Å². The molecule has 4 heteroatoms. The lowest BCUT2D eigenvalue weighted by atomic mass is 10.2. The van der Waals surface area contributed by atoms with E-state index in [2.05, 4.69) is 39.2 Å². The topological polar surface area (TPSA) is 34.2 Å². The standard InChI is InChI=1S/C17H21BrN2O/c1-4-7-19-11-14-9-13(3)20-17(10-14)21-16-6-5-15(18)8-12(16)2/h5-6,8-10,19H,4,7,11H2,1-3H3. The average Bonchev–Trinajstić information content (AvgIpc) is 2.42. The second-order valence-corrected chi connectivity index (χ2v) is 6.06. The highest BCUT2D eigenvalue weighted by Gasteiger charge is 2.06. The number of hydrogen-bond acceptors (Lipinski definition) is 3. The Kier molecular flexibility index (Phi) is 5.76. The summed E-state index contributed by atoms with van der Waals surface area (Å²) in [5, 5.41) is 3.40. The highest BCUT2D eigenvalue weighted by atomic mass is 79.9. The van der Waals surface area contributed by atoms with Crippen LogP contribution in [0, 0.1) is 13.8 Å². The van der Waals surface area contributed by atoms with Crippen LogP contribution in [0.4, 0.5) is 0 Å². The molecule has 0 saturated carbocycles. The molecule has 0 aliphatic rings. The third-order valence-corrected chi connectivity index (χ3v) is 3.59. The molecule has 21 heavy (non-hydrogen) atoms. The van der Waals surface area contributed by atoms with Gasteiger partial charge in [0.05, 0.1) is 0 Å². The summed E-state index contributed by atoms with van der Waals surface area (Å²) in [6.07, 6.45) is 1.13. The van der Waals surface area contributed by atoms with Gasteiger partial charge in [-0.25, -0.2) is 4.98 Å². The van der Waals surface area contributed by atoms with Crippen molar-refractivity contribution in [1.29, 1.82) is 0 Å². The predicted molar refractivity (Wildman–Crippen MR) is 89.9 cm³/mol. The minimum absolute atomic E-state index is 0.647. The molecule has 0 aliphatic carbocycles. The van der Waals surface area contributed by atoms with Crippen molar-refractivity contribution in [2.45, 2.75) is 33.7 Å². The Hall–Kier alpha value is -1.39. The van der Waals surface area contributed by atoms with Gasteiger partial charge in [0.15, 0.2) is 0 Å². The third-order valence-electron chi connectivity index (χ3n) is 3.10. The maximum Gasteiger partial charge on any atom is 0.219 e. The number of aromatic nitrogens is 1. The summed E-state index contributed by atoms with van der Waals surface area (Å²) in [4.78, 5) is 4.46. The van der Waals surface area contributed by atoms with Crippen LogP contribution in [0.2, 0.25) is 0 Å². The molecule has 3 nitrogen and oxygen atoms in total. The fraction of sp³-hybridized carbons (Fsp3) is 0.353. The van der Waals surface area contributed by atoms with Crippen molar-refractivity contribution in [1.82, 2.24) is 10.3 Å². The number of aryl methyl sites for hydroxylation is 2. The van der Waals surface area contributed by atoms with Crippen LogP contribution in [0.3, 0.4) is 0 Å². The molecule has 0 saturated heterocycles. The lowest BCUT2D eigenvalue weighted by Gasteiger charge is -2.11. The number of nitrogens with zero attached hydrogens (tertiary/aromatic N) is 1. The Bertz CT molecular complexity index is 614. The fourth-order valence-electron chi connectivity index (χ4n) is 2.11. The monoisotopic (exact) mass is 348 g/mol. The quantitative estimate of drug-likeness (QED) is 0.764. The van der Waals surface area contributed by atoms with E-state index in [9.17, 15) is 0 Å². The zero-order chi connectivity index (χ0) is 15.2. The lowest BCUT2D eigenvalue weighted by molar-refractivity contribution is 0.457. The van der Waals surface area contributed by atoms with E-state index in [0.717, 1.165) is 41.0 Å². The maximum absolute atomic E-state index is 5.93. The van der Waals surface area contributed by atoms with Gasteiger partial charge in [0, 0.05) is 22.8 Å². The second-order valence-electron chi connectivity index (χ2n) is 5.14. The van der Waals surface area contributed by atoms with E-state index < -0.39 is 0 Å². The Morgan fingerprint density at radius 3 is 2.71 bits per heavy atom. The number of hydrogen-bond donors (Lipinski definition) is 1. The smallest absolute Gasteiger partial charge is 0.219 e. The third kappa shape index (κ3) is 4.83. The Morgan fingerprint density at radius 2 is 2.00 bits per heavy atom. The summed E-state index contributed by atoms with van der Waals surface area (Å²) in [5.74, 6) is 1.48. The molecule has 0 fully saturated rings. The van der Waals surface area contributed by atoms with Gasteiger partial charge in [0.25, 0.3) is 0 Å². The van der Waals surface area contributed by atoms with Crippen LogP contribution in [0.1, 0.15) is 30.2 Å². The highest BCUT2D eigenvalue weighted by Crippen LogP contribution is 2.27. The minimum Gasteiger partial charge on any atom is -0.439 e. The summed E-state index contributed by atoms with van der Waals surface area (Å²) in [5.41, 5.74) is 3.25. The van der Waals surface area contributed by atoms with Gasteiger partial charge in [0.2, 0.25) is 5.88 Å². The molecule has 0 atom stereocenters. The van der Waals surface area contributed by atoms with Crippen LogP contribution in [0.5, 0.6) is 11.6 Å². The molecule has 112 valence electrons. The van der Waals surface area contributed by atoms with Crippen molar-refractivity contribution in [2.75, 3.05) is 6.54 Å². The maximum atomic E-state index is 5.93. The molecule has 0 aliphatic heterocycles. The first-order valence-electron chi connectivity index (χ1n) is 7.20. The molecule has 1 aromatic heterocycles. The number of ether oxygens (including phenoxy) is 1. The van der Waals surface area contributed by atoms with E-state index in [1.54, 1.807) is 0 Å². The number of rotatable bonds is 6. The summed E-state index contributed by atoms with van der Waals surface area (Å²) >= 11 is 3.46. The van der Waals surface area contributed by atoms with Gasteiger partial charge in [-0.2, -0.15) is 0 Å². The molecule has 2 rings (SSSR count). The van der Waals surface area contributed by atoms with Gasteiger partial charge in [-0.3, -0.25) is 0 Å². The predicted octanol–water partition coefficient (Wildman–Crippen LogP) is 4.75. The first-order chi connectivity index (χ1) is 10.1. The van der Waals surface area contributed by atoms with Gasteiger partial charge in [-0.05, 0) is 62.2 Å². The van der Waals surface area contributed by atoms with E-state index in [4.69, 9.17) is 4.74 Å². The van der Waals surface area contributed by atoms with Gasteiger partial charge < -0.3 is 10.1 Å². The van der Waals surface area contributed by atoms with Gasteiger partial charge in [-0.1, -0.05) is 22.9 Å². The van der Waals surface area contributed by atoms with Crippen LogP contribution in [0.25, 0.3) is 0 Å². The Labute approximate surface area is 134 Å². The number of halogens is 1. The molecule has 0 radical (unpaired) electrons. The average molecular weight is 349 g/mol. The Balaban J connectivity index is 2.15. The van der Waals surface area contributed by atoms with E-state index in [-0.39, 0.29) is 0 Å². The zero-order valence-electron chi connectivity index (χ0n) is 12.7. The SMILES string of the molecule is CCCNCc1cc(C)nc(Oc2ccc(Br)cc2C)c1. The van der Waals surface area contributed by atoms with Crippen LogP contribution in [0.15, 0.2) is 34.8 Å². The summed E-state index contributed by atoms with van der Waals surface area (Å²) in [7, 11) is 0. The largest absolute Gasteiger partial charge is 0.439 e. The molecule has 2 aromatic rings. The summed E-state index contributed by atoms with van der Waals surface area (Å²) in [6.45, 7) is 8.04. The lowest BCUT2D eigenvalue weighted by Crippen LogP contribution is -2.14. The molecule has 1 heterocycles. The van der Waals surface area contributed by atoms with Crippen molar-refractivity contribution in [3.05, 3.63) is 51.6 Å². The molecule has 1 aromatic carbocycles. The van der Waals surface area contributed by atoms with Crippen LogP contribution < -0.4 is 10.1 Å². The fourth-order valence-corrected chi connectivity index (χ4v) is 2.59. The summed E-state index contributed by atoms with van der Waals surface area (Å²) < 4.78 is 6.98. The van der Waals surface area contributed by atoms with Gasteiger partial charge >= 0.3 is 0 Å². The van der Waals surface area contributed by atoms with E-state index in [0.29, 0.717) is 5.88 Å². The molecule has 0 unspecified atom stereocenters. The normalized spacial score (nSPS) is 10.7. The van der Waals surface area contributed by atoms with Crippen LogP contribution in [-0.2, 0) is 6.54 Å². The number of pyridine rings is 1. The highest BCUT2D eigenvalue weighted by molar-refractivity contribution is 9.10. The number of benzene rings is 1. The van der Waals surface area contributed by atoms with E-state index in [1.165, 1.54) is 5.56 Å². The van der Waals surface area contributed by atoms with Crippen LogP contribution >= 0.6 is 15.9 Å². The van der Waals surface area contributed by atoms with E-state index >= 15 is 0 Å². The molecular weight excluding hydrogens is 328 g/mol. The Morgan fingerprint density at radius 1 is 1.19 bits per heavy atom. The molecule has 0 bridgehead atoms. The molecule has 0 spiro atoms. The molecular formula is C17H21BrN2O. The van der Waals surface area contributed by atoms with Crippen molar-refractivity contribution in [3.8, 4) is 11.6 Å². The van der Waals surface area contributed by atoms with Crippen molar-refractivity contribution in [3.63, 3.8) is 0 Å². The first-order valence-corrected chi connectivity index (χ1v) is 8.00. The van der Waals surface area contributed by atoms with E-state index in [1.807, 2.05) is 38.1 Å². The van der Waals surface area contributed by atoms with Crippen molar-refractivity contribution in [2.24, 2.45) is 0 Å². The first kappa shape index (κ1) is 16.0. The van der Waals surface area contributed by atoms with Gasteiger partial charge in [-0.15, -0.1) is 0 Å². The molecule has 1 N–H and O–H groups in total. The minimum atomic E-state index is 0.647. The number of nitrogens with one attached hydrogen (secondary N) is 1. The van der Waals surface area contributed by atoms with Crippen molar-refractivity contribution >= 4 is 15.9 Å². The van der Waals surface area contributed by atoms with Gasteiger partial charge in [0.1, 0.15) is 5.75 Å².